The smallest absolute Gasteiger partial charge is 0.290 e. The van der Waals surface area contributed by atoms with E-state index in [4.69, 9.17) is 0 Å². The lowest BCUT2D eigenvalue weighted by molar-refractivity contribution is 0.102. The highest BCUT2D eigenvalue weighted by Crippen LogP contribution is 2.27. The number of amides is 1. The highest BCUT2D eigenvalue weighted by molar-refractivity contribution is 7.99. The third-order valence-electron chi connectivity index (χ3n) is 2.40. The van der Waals surface area contributed by atoms with Crippen LogP contribution in [0.2, 0.25) is 0 Å². The normalized spacial score (nSPS) is 10.7. The van der Waals surface area contributed by atoms with Crippen LogP contribution >= 0.6 is 11.8 Å². The maximum Gasteiger partial charge on any atom is 0.290 e. The molecular formula is C13H8F4N2OS. The summed E-state index contributed by atoms with van der Waals surface area (Å²) < 4.78 is 51.0. The number of thioether (sulfide) groups is 1. The van der Waals surface area contributed by atoms with E-state index in [1.165, 1.54) is 18.3 Å². The van der Waals surface area contributed by atoms with Crippen molar-refractivity contribution in [2.24, 2.45) is 0 Å². The Bertz CT molecular complexity index is 666. The first-order valence-electron chi connectivity index (χ1n) is 5.63. The second-order valence-corrected chi connectivity index (χ2v) is 4.79. The SMILES string of the molecule is O=C(Nc1ccc(F)cc1F)c1cccnc1SC(F)F. The second kappa shape index (κ2) is 6.57. The van der Waals surface area contributed by atoms with Crippen LogP contribution < -0.4 is 5.32 Å². The predicted octanol–water partition coefficient (Wildman–Crippen LogP) is 3.93. The van der Waals surface area contributed by atoms with Gasteiger partial charge >= 0.3 is 0 Å². The number of halogens is 4. The molecule has 110 valence electrons. The lowest BCUT2D eigenvalue weighted by atomic mass is 10.2. The Balaban J connectivity index is 2.24. The van der Waals surface area contributed by atoms with E-state index in [-0.39, 0.29) is 28.0 Å². The molecule has 1 aromatic heterocycles. The Labute approximate surface area is 121 Å². The molecule has 21 heavy (non-hydrogen) atoms. The Hall–Kier alpha value is -2.09. The quantitative estimate of drug-likeness (QED) is 0.686. The van der Waals surface area contributed by atoms with Crippen molar-refractivity contribution >= 4 is 23.4 Å². The number of carbonyl (C=O) groups excluding carboxylic acids is 1. The van der Waals surface area contributed by atoms with Crippen LogP contribution in [0.15, 0.2) is 41.6 Å². The summed E-state index contributed by atoms with van der Waals surface area (Å²) in [6, 6.07) is 5.29. The molecule has 1 aromatic carbocycles. The van der Waals surface area contributed by atoms with Crippen molar-refractivity contribution < 1.29 is 22.4 Å². The number of hydrogen-bond acceptors (Lipinski definition) is 3. The van der Waals surface area contributed by atoms with E-state index in [1.807, 2.05) is 0 Å². The van der Waals surface area contributed by atoms with Gasteiger partial charge in [0.25, 0.3) is 11.7 Å². The summed E-state index contributed by atoms with van der Waals surface area (Å²) in [6.45, 7) is 0. The molecular weight excluding hydrogens is 308 g/mol. The zero-order chi connectivity index (χ0) is 15.4. The van der Waals surface area contributed by atoms with Gasteiger partial charge in [-0.25, -0.2) is 13.8 Å². The monoisotopic (exact) mass is 316 g/mol. The number of pyridine rings is 1. The first-order valence-corrected chi connectivity index (χ1v) is 6.51. The average Bonchev–Trinajstić information content (AvgIpc) is 2.42. The summed E-state index contributed by atoms with van der Waals surface area (Å²) in [5, 5.41) is 2.01. The number of carbonyl (C=O) groups is 1. The van der Waals surface area contributed by atoms with Crippen LogP contribution in [-0.4, -0.2) is 16.6 Å². The fourth-order valence-electron chi connectivity index (χ4n) is 1.52. The summed E-state index contributed by atoms with van der Waals surface area (Å²) in [7, 11) is 0. The molecule has 0 saturated heterocycles. The van der Waals surface area contributed by atoms with Crippen molar-refractivity contribution in [3.05, 3.63) is 53.7 Å². The van der Waals surface area contributed by atoms with Gasteiger partial charge in [0.05, 0.1) is 11.3 Å². The minimum absolute atomic E-state index is 0.112. The van der Waals surface area contributed by atoms with E-state index in [9.17, 15) is 22.4 Å². The Morgan fingerprint density at radius 1 is 1.24 bits per heavy atom. The molecule has 0 fully saturated rings. The van der Waals surface area contributed by atoms with Crippen molar-refractivity contribution in [1.29, 1.82) is 0 Å². The van der Waals surface area contributed by atoms with Crippen LogP contribution in [0.3, 0.4) is 0 Å². The molecule has 0 aliphatic rings. The van der Waals surface area contributed by atoms with Crippen LogP contribution in [0.25, 0.3) is 0 Å². The first-order chi connectivity index (χ1) is 9.97. The summed E-state index contributed by atoms with van der Waals surface area (Å²) in [5.74, 6) is -5.30. The topological polar surface area (TPSA) is 42.0 Å². The molecule has 0 atom stereocenters. The lowest BCUT2D eigenvalue weighted by Gasteiger charge is -2.09. The largest absolute Gasteiger partial charge is 0.319 e. The van der Waals surface area contributed by atoms with Crippen LogP contribution in [0.5, 0.6) is 0 Å². The van der Waals surface area contributed by atoms with Crippen LogP contribution in [0.4, 0.5) is 23.2 Å². The molecule has 2 aromatic rings. The van der Waals surface area contributed by atoms with Crippen molar-refractivity contribution in [3.63, 3.8) is 0 Å². The third kappa shape index (κ3) is 3.94. The van der Waals surface area contributed by atoms with Gasteiger partial charge in [0.15, 0.2) is 0 Å². The molecule has 0 bridgehead atoms. The first kappa shape index (κ1) is 15.3. The zero-order valence-electron chi connectivity index (χ0n) is 10.3. The van der Waals surface area contributed by atoms with Gasteiger partial charge < -0.3 is 5.32 Å². The van der Waals surface area contributed by atoms with E-state index in [2.05, 4.69) is 10.3 Å². The number of nitrogens with one attached hydrogen (secondary N) is 1. The fraction of sp³-hybridized carbons (Fsp3) is 0.0769. The van der Waals surface area contributed by atoms with Gasteiger partial charge in [-0.1, -0.05) is 0 Å². The Morgan fingerprint density at radius 3 is 2.67 bits per heavy atom. The van der Waals surface area contributed by atoms with Gasteiger partial charge in [-0.2, -0.15) is 8.78 Å². The molecule has 1 N–H and O–H groups in total. The van der Waals surface area contributed by atoms with Crippen LogP contribution in [0.1, 0.15) is 10.4 Å². The summed E-state index contributed by atoms with van der Waals surface area (Å²) >= 11 is 0.112. The number of rotatable bonds is 4. The lowest BCUT2D eigenvalue weighted by Crippen LogP contribution is -2.15. The van der Waals surface area contributed by atoms with Gasteiger partial charge in [-0.3, -0.25) is 4.79 Å². The number of aromatic nitrogens is 1. The van der Waals surface area contributed by atoms with Gasteiger partial charge in [-0.05, 0) is 36.0 Å². The van der Waals surface area contributed by atoms with E-state index in [0.717, 1.165) is 12.1 Å². The van der Waals surface area contributed by atoms with Gasteiger partial charge in [0.2, 0.25) is 0 Å². The molecule has 0 radical (unpaired) electrons. The standard InChI is InChI=1S/C13H8F4N2OS/c14-7-3-4-10(9(15)6-7)19-11(20)8-2-1-5-18-12(8)21-13(16)17/h1-6,13H,(H,19,20). The highest BCUT2D eigenvalue weighted by Gasteiger charge is 2.17. The van der Waals surface area contributed by atoms with Gasteiger partial charge in [0.1, 0.15) is 16.7 Å². The van der Waals surface area contributed by atoms with E-state index >= 15 is 0 Å². The number of nitrogens with zero attached hydrogens (tertiary/aromatic N) is 1. The van der Waals surface area contributed by atoms with Gasteiger partial charge in [0, 0.05) is 12.3 Å². The molecule has 1 heterocycles. The number of hydrogen-bond donors (Lipinski definition) is 1. The molecule has 2 rings (SSSR count). The van der Waals surface area contributed by atoms with E-state index in [0.29, 0.717) is 6.07 Å². The highest BCUT2D eigenvalue weighted by atomic mass is 32.2. The summed E-state index contributed by atoms with van der Waals surface area (Å²) in [4.78, 5) is 15.7. The Kier molecular flexibility index (Phi) is 4.79. The summed E-state index contributed by atoms with van der Waals surface area (Å²) in [5.41, 5.74) is -0.371. The molecule has 3 nitrogen and oxygen atoms in total. The number of anilines is 1. The molecule has 0 saturated carbocycles. The van der Waals surface area contributed by atoms with Crippen molar-refractivity contribution in [2.45, 2.75) is 10.8 Å². The summed E-state index contributed by atoms with van der Waals surface area (Å²) in [6.07, 6.45) is 1.26. The van der Waals surface area contributed by atoms with Crippen molar-refractivity contribution in [1.82, 2.24) is 4.98 Å². The molecule has 8 heteroatoms. The zero-order valence-corrected chi connectivity index (χ0v) is 11.1. The predicted molar refractivity (Wildman–Crippen MR) is 70.4 cm³/mol. The van der Waals surface area contributed by atoms with E-state index in [1.54, 1.807) is 0 Å². The fourth-order valence-corrected chi connectivity index (χ4v) is 2.10. The third-order valence-corrected chi connectivity index (χ3v) is 3.12. The molecule has 0 aliphatic carbocycles. The Morgan fingerprint density at radius 2 is 2.00 bits per heavy atom. The number of benzene rings is 1. The maximum atomic E-state index is 13.4. The minimum Gasteiger partial charge on any atom is -0.319 e. The van der Waals surface area contributed by atoms with Crippen molar-refractivity contribution in [2.75, 3.05) is 5.32 Å². The van der Waals surface area contributed by atoms with Crippen LogP contribution in [-0.2, 0) is 0 Å². The molecule has 0 unspecified atom stereocenters. The second-order valence-electron chi connectivity index (χ2n) is 3.81. The number of alkyl halides is 2. The van der Waals surface area contributed by atoms with Crippen molar-refractivity contribution in [3.8, 4) is 0 Å². The average molecular weight is 316 g/mol. The van der Waals surface area contributed by atoms with E-state index < -0.39 is 23.3 Å². The van der Waals surface area contributed by atoms with Crippen LogP contribution in [0, 0.1) is 11.6 Å². The molecule has 1 amide bonds. The molecule has 0 aliphatic heterocycles. The minimum atomic E-state index is -2.74. The maximum absolute atomic E-state index is 13.4. The molecule has 0 spiro atoms. The van der Waals surface area contributed by atoms with Gasteiger partial charge in [-0.15, -0.1) is 0 Å².